The zero-order chi connectivity index (χ0) is 14.3. The van der Waals surface area contributed by atoms with Crippen LogP contribution < -0.4 is 15.4 Å². The SMILES string of the molecule is COc1ccc(CNC(=S)NCC(=O)N(C)C)cc1. The average molecular weight is 281 g/mol. The number of nitrogens with zero attached hydrogens (tertiary/aromatic N) is 1. The Morgan fingerprint density at radius 3 is 2.42 bits per heavy atom. The molecule has 0 radical (unpaired) electrons. The summed E-state index contributed by atoms with van der Waals surface area (Å²) in [6.45, 7) is 0.799. The molecule has 1 aromatic carbocycles. The normalized spacial score (nSPS) is 9.63. The Morgan fingerprint density at radius 2 is 1.89 bits per heavy atom. The van der Waals surface area contributed by atoms with Gasteiger partial charge in [-0.3, -0.25) is 4.79 Å². The molecule has 0 aromatic heterocycles. The largest absolute Gasteiger partial charge is 0.497 e. The molecule has 0 heterocycles. The molecule has 1 aromatic rings. The van der Waals surface area contributed by atoms with Crippen molar-refractivity contribution in [3.63, 3.8) is 0 Å². The third-order valence-electron chi connectivity index (χ3n) is 2.51. The number of methoxy groups -OCH3 is 1. The Balaban J connectivity index is 2.31. The van der Waals surface area contributed by atoms with Crippen LogP contribution in [0.3, 0.4) is 0 Å². The highest BCUT2D eigenvalue weighted by molar-refractivity contribution is 7.80. The summed E-state index contributed by atoms with van der Waals surface area (Å²) in [4.78, 5) is 12.9. The molecule has 1 rings (SSSR count). The lowest BCUT2D eigenvalue weighted by atomic mass is 10.2. The van der Waals surface area contributed by atoms with Gasteiger partial charge in [-0.2, -0.15) is 0 Å². The molecule has 19 heavy (non-hydrogen) atoms. The lowest BCUT2D eigenvalue weighted by molar-refractivity contribution is -0.127. The van der Waals surface area contributed by atoms with E-state index in [1.165, 1.54) is 4.90 Å². The fourth-order valence-corrected chi connectivity index (χ4v) is 1.45. The van der Waals surface area contributed by atoms with E-state index in [-0.39, 0.29) is 12.5 Å². The van der Waals surface area contributed by atoms with Crippen LogP contribution in [-0.4, -0.2) is 43.7 Å². The number of likely N-dealkylation sites (N-methyl/N-ethyl adjacent to an activating group) is 1. The summed E-state index contributed by atoms with van der Waals surface area (Å²) in [5.74, 6) is 0.801. The molecule has 0 saturated carbocycles. The number of ether oxygens (including phenoxy) is 1. The number of rotatable bonds is 5. The monoisotopic (exact) mass is 281 g/mol. The number of nitrogens with one attached hydrogen (secondary N) is 2. The van der Waals surface area contributed by atoms with E-state index in [9.17, 15) is 4.79 Å². The van der Waals surface area contributed by atoms with Crippen LogP contribution in [0.2, 0.25) is 0 Å². The van der Waals surface area contributed by atoms with E-state index in [2.05, 4.69) is 10.6 Å². The third-order valence-corrected chi connectivity index (χ3v) is 2.80. The number of thiocarbonyl (C=S) groups is 1. The van der Waals surface area contributed by atoms with Crippen LogP contribution in [0.15, 0.2) is 24.3 Å². The van der Waals surface area contributed by atoms with Gasteiger partial charge in [0.2, 0.25) is 5.91 Å². The predicted octanol–water partition coefficient (Wildman–Crippen LogP) is 0.747. The smallest absolute Gasteiger partial charge is 0.241 e. The van der Waals surface area contributed by atoms with Gasteiger partial charge in [-0.05, 0) is 29.9 Å². The number of benzene rings is 1. The maximum atomic E-state index is 11.4. The molecule has 2 N–H and O–H groups in total. The quantitative estimate of drug-likeness (QED) is 0.780. The summed E-state index contributed by atoms with van der Waals surface area (Å²) in [6, 6.07) is 7.70. The Bertz CT molecular complexity index is 432. The fraction of sp³-hybridized carbons (Fsp3) is 0.385. The number of hydrogen-bond donors (Lipinski definition) is 2. The van der Waals surface area contributed by atoms with Crippen LogP contribution in [0.25, 0.3) is 0 Å². The molecule has 104 valence electrons. The molecule has 0 saturated heterocycles. The highest BCUT2D eigenvalue weighted by atomic mass is 32.1. The van der Waals surface area contributed by atoms with E-state index in [4.69, 9.17) is 17.0 Å². The standard InChI is InChI=1S/C13H19N3O2S/c1-16(2)12(17)9-15-13(19)14-8-10-4-6-11(18-3)7-5-10/h4-7H,8-9H2,1-3H3,(H2,14,15,19). The van der Waals surface area contributed by atoms with Gasteiger partial charge in [0.05, 0.1) is 13.7 Å². The molecule has 0 aliphatic heterocycles. The van der Waals surface area contributed by atoms with Gasteiger partial charge in [-0.25, -0.2) is 0 Å². The van der Waals surface area contributed by atoms with Crippen molar-refractivity contribution in [2.75, 3.05) is 27.7 Å². The van der Waals surface area contributed by atoms with Crippen LogP contribution in [0.4, 0.5) is 0 Å². The van der Waals surface area contributed by atoms with Crippen molar-refractivity contribution in [1.82, 2.24) is 15.5 Å². The van der Waals surface area contributed by atoms with Gasteiger partial charge in [0.1, 0.15) is 5.75 Å². The maximum Gasteiger partial charge on any atom is 0.241 e. The minimum atomic E-state index is -0.0198. The summed E-state index contributed by atoms with van der Waals surface area (Å²) < 4.78 is 5.08. The first-order chi connectivity index (χ1) is 9.02. The number of carbonyl (C=O) groups is 1. The van der Waals surface area contributed by atoms with E-state index in [0.29, 0.717) is 11.7 Å². The second-order valence-electron chi connectivity index (χ2n) is 4.17. The lowest BCUT2D eigenvalue weighted by Gasteiger charge is -2.13. The van der Waals surface area contributed by atoms with E-state index >= 15 is 0 Å². The minimum absolute atomic E-state index is 0.0198. The van der Waals surface area contributed by atoms with Crippen molar-refractivity contribution in [2.45, 2.75) is 6.54 Å². The number of carbonyl (C=O) groups excluding carboxylic acids is 1. The first kappa shape index (κ1) is 15.2. The lowest BCUT2D eigenvalue weighted by Crippen LogP contribution is -2.41. The summed E-state index contributed by atoms with van der Waals surface area (Å²) in [5, 5.41) is 6.36. The van der Waals surface area contributed by atoms with E-state index in [1.54, 1.807) is 21.2 Å². The zero-order valence-electron chi connectivity index (χ0n) is 11.4. The topological polar surface area (TPSA) is 53.6 Å². The van der Waals surface area contributed by atoms with Crippen molar-refractivity contribution in [3.8, 4) is 5.75 Å². The van der Waals surface area contributed by atoms with Gasteiger partial charge in [0.25, 0.3) is 0 Å². The minimum Gasteiger partial charge on any atom is -0.497 e. The Kier molecular flexibility index (Phi) is 6.08. The van der Waals surface area contributed by atoms with Gasteiger partial charge >= 0.3 is 0 Å². The summed E-state index contributed by atoms with van der Waals surface area (Å²) in [5.41, 5.74) is 1.09. The van der Waals surface area contributed by atoms with Gasteiger partial charge in [-0.15, -0.1) is 0 Å². The van der Waals surface area contributed by atoms with Crippen molar-refractivity contribution >= 4 is 23.2 Å². The molecule has 5 nitrogen and oxygen atoms in total. The molecule has 0 atom stereocenters. The van der Waals surface area contributed by atoms with Gasteiger partial charge < -0.3 is 20.3 Å². The van der Waals surface area contributed by atoms with Crippen LogP contribution in [0.1, 0.15) is 5.56 Å². The van der Waals surface area contributed by atoms with Gasteiger partial charge in [0, 0.05) is 20.6 Å². The summed E-state index contributed by atoms with van der Waals surface area (Å²) in [6.07, 6.45) is 0. The maximum absolute atomic E-state index is 11.4. The zero-order valence-corrected chi connectivity index (χ0v) is 12.2. The Hall–Kier alpha value is -1.82. The molecule has 0 aliphatic rings. The first-order valence-corrected chi connectivity index (χ1v) is 6.28. The Morgan fingerprint density at radius 1 is 1.26 bits per heavy atom. The molecule has 0 fully saturated rings. The highest BCUT2D eigenvalue weighted by Crippen LogP contribution is 2.10. The second kappa shape index (κ2) is 7.58. The van der Waals surface area contributed by atoms with Crippen LogP contribution in [0, 0.1) is 0 Å². The van der Waals surface area contributed by atoms with Crippen LogP contribution in [-0.2, 0) is 11.3 Å². The van der Waals surface area contributed by atoms with Crippen molar-refractivity contribution < 1.29 is 9.53 Å². The number of hydrogen-bond acceptors (Lipinski definition) is 3. The van der Waals surface area contributed by atoms with Crippen molar-refractivity contribution in [2.24, 2.45) is 0 Å². The fourth-order valence-electron chi connectivity index (χ4n) is 1.30. The summed E-state index contributed by atoms with van der Waals surface area (Å²) >= 11 is 5.09. The van der Waals surface area contributed by atoms with E-state index in [0.717, 1.165) is 11.3 Å². The van der Waals surface area contributed by atoms with Crippen molar-refractivity contribution in [1.29, 1.82) is 0 Å². The molecular weight excluding hydrogens is 262 g/mol. The molecule has 0 spiro atoms. The van der Waals surface area contributed by atoms with Crippen LogP contribution in [0.5, 0.6) is 5.75 Å². The number of amides is 1. The van der Waals surface area contributed by atoms with Gasteiger partial charge in [-0.1, -0.05) is 12.1 Å². The third kappa shape index (κ3) is 5.56. The second-order valence-corrected chi connectivity index (χ2v) is 4.58. The van der Waals surface area contributed by atoms with Crippen molar-refractivity contribution in [3.05, 3.63) is 29.8 Å². The van der Waals surface area contributed by atoms with E-state index in [1.807, 2.05) is 24.3 Å². The van der Waals surface area contributed by atoms with Gasteiger partial charge in [0.15, 0.2) is 5.11 Å². The summed E-state index contributed by atoms with van der Waals surface area (Å²) in [7, 11) is 5.05. The Labute approximate surface area is 118 Å². The molecule has 6 heteroatoms. The molecule has 0 unspecified atom stereocenters. The highest BCUT2D eigenvalue weighted by Gasteiger charge is 2.04. The van der Waals surface area contributed by atoms with Crippen LogP contribution >= 0.6 is 12.2 Å². The average Bonchev–Trinajstić information content (AvgIpc) is 2.42. The molecule has 1 amide bonds. The molecule has 0 bridgehead atoms. The molecular formula is C13H19N3O2S. The molecule has 0 aliphatic carbocycles. The first-order valence-electron chi connectivity index (χ1n) is 5.87. The predicted molar refractivity (Wildman–Crippen MR) is 79.1 cm³/mol. The van der Waals surface area contributed by atoms with E-state index < -0.39 is 0 Å².